The first-order valence-electron chi connectivity index (χ1n) is 14.1. The molecule has 0 saturated carbocycles. The molecule has 3 heterocycles. The number of likely N-dealkylation sites (tertiary alicyclic amines) is 1. The highest BCUT2D eigenvalue weighted by Gasteiger charge is 2.42. The number of fused-ring (bicyclic) bond motifs is 1. The van der Waals surface area contributed by atoms with Gasteiger partial charge in [0.2, 0.25) is 12.7 Å². The number of amides is 2. The fourth-order valence-corrected chi connectivity index (χ4v) is 5.62. The Balaban J connectivity index is 1.48. The van der Waals surface area contributed by atoms with Crippen molar-refractivity contribution in [1.29, 1.82) is 0 Å². The maximum atomic E-state index is 13.9. The number of carbonyl (C=O) groups excluding carboxylic acids is 2. The van der Waals surface area contributed by atoms with E-state index < -0.39 is 0 Å². The zero-order chi connectivity index (χ0) is 28.3. The number of hydrogen-bond acceptors (Lipinski definition) is 7. The zero-order valence-electron chi connectivity index (χ0n) is 24.1. The average molecular weight is 550 g/mol. The van der Waals surface area contributed by atoms with Crippen molar-refractivity contribution in [3.05, 3.63) is 53.6 Å². The molecule has 1 N–H and O–H groups in total. The minimum Gasteiger partial charge on any atom is -0.497 e. The Kier molecular flexibility index (Phi) is 8.42. The molecule has 3 aliphatic heterocycles. The maximum Gasteiger partial charge on any atom is 0.387 e. The minimum atomic E-state index is -0.339. The van der Waals surface area contributed by atoms with Crippen LogP contribution >= 0.6 is 0 Å². The number of hydrogen-bond donors (Lipinski definition) is 1. The number of rotatable bonds is 7. The summed E-state index contributed by atoms with van der Waals surface area (Å²) >= 11 is 0. The van der Waals surface area contributed by atoms with Crippen LogP contribution in [0.15, 0.2) is 42.5 Å². The molecule has 3 aliphatic rings. The molecule has 214 valence electrons. The molecule has 5 rings (SSSR count). The van der Waals surface area contributed by atoms with E-state index in [1.807, 2.05) is 51.9 Å². The predicted molar refractivity (Wildman–Crippen MR) is 152 cm³/mol. The van der Waals surface area contributed by atoms with Crippen LogP contribution in [0.4, 0.5) is 0 Å². The van der Waals surface area contributed by atoms with Crippen LogP contribution in [-0.4, -0.2) is 84.6 Å². The van der Waals surface area contributed by atoms with Crippen molar-refractivity contribution in [3.63, 3.8) is 0 Å². The van der Waals surface area contributed by atoms with Gasteiger partial charge in [0.15, 0.2) is 23.8 Å². The Morgan fingerprint density at radius 3 is 2.58 bits per heavy atom. The second-order valence-corrected chi connectivity index (χ2v) is 12.0. The molecule has 1 atom stereocenters. The molecule has 0 unspecified atom stereocenters. The Bertz CT molecular complexity index is 1280. The summed E-state index contributed by atoms with van der Waals surface area (Å²) in [6, 6.07) is 13.4. The van der Waals surface area contributed by atoms with Crippen LogP contribution in [0.2, 0.25) is 0 Å². The molecule has 40 heavy (non-hydrogen) atoms. The van der Waals surface area contributed by atoms with Gasteiger partial charge in [0.25, 0.3) is 0 Å². The van der Waals surface area contributed by atoms with Gasteiger partial charge in [0.05, 0.1) is 32.5 Å². The summed E-state index contributed by atoms with van der Waals surface area (Å²) in [5.74, 6) is 2.42. The number of nitrogens with one attached hydrogen (secondary N) is 1. The van der Waals surface area contributed by atoms with Crippen LogP contribution in [0.1, 0.15) is 44.7 Å². The van der Waals surface area contributed by atoms with Crippen LogP contribution in [0, 0.1) is 5.41 Å². The fraction of sp³-hybridized carbons (Fsp3) is 0.516. The first-order valence-corrected chi connectivity index (χ1v) is 14.1. The Morgan fingerprint density at radius 1 is 1.05 bits per heavy atom. The van der Waals surface area contributed by atoms with E-state index in [1.165, 1.54) is 0 Å². The van der Waals surface area contributed by atoms with E-state index >= 15 is 0 Å². The number of carbonyl (C=O) groups is 2. The van der Waals surface area contributed by atoms with Gasteiger partial charge >= 0.3 is 5.91 Å². The van der Waals surface area contributed by atoms with Crippen molar-refractivity contribution in [3.8, 4) is 17.2 Å². The van der Waals surface area contributed by atoms with E-state index in [1.54, 1.807) is 7.11 Å². The molecule has 0 aromatic heterocycles. The summed E-state index contributed by atoms with van der Waals surface area (Å²) in [7, 11) is 1.65. The van der Waals surface area contributed by atoms with E-state index in [-0.39, 0.29) is 30.1 Å². The molecule has 2 aromatic carbocycles. The summed E-state index contributed by atoms with van der Waals surface area (Å²) in [5.41, 5.74) is 2.86. The molecule has 0 radical (unpaired) electrons. The summed E-state index contributed by atoms with van der Waals surface area (Å²) < 4.78 is 18.4. The smallest absolute Gasteiger partial charge is 0.387 e. The van der Waals surface area contributed by atoms with Crippen molar-refractivity contribution in [2.45, 2.75) is 52.7 Å². The average Bonchev–Trinajstić information content (AvgIpc) is 3.58. The SMILES string of the molecule is COc1cccc(C[N+](C(=O)CC(C)(C)C)=C2C[C@@H](C(=O)N3CCNCC3)N(Cc3ccc4c(c3)OCO4)C2)c1. The standard InChI is InChI=1S/C31H41N4O5/c1-31(2,3)17-29(36)35(19-22-6-5-7-25(14-22)38-4)24-16-26(30(37)33-12-10-32-11-13-33)34(20-24)18-23-8-9-27-28(15-23)40-21-39-27/h5-9,14-15,26,32H,10-13,16-21H2,1-4H3/q+1/t26-/m0/s1. The number of ether oxygens (including phenoxy) is 3. The fourth-order valence-electron chi connectivity index (χ4n) is 5.62. The lowest BCUT2D eigenvalue weighted by Gasteiger charge is -2.32. The lowest BCUT2D eigenvalue weighted by atomic mass is 9.91. The Labute approximate surface area is 236 Å². The molecule has 9 nitrogen and oxygen atoms in total. The Morgan fingerprint density at radius 2 is 1.82 bits per heavy atom. The van der Waals surface area contributed by atoms with Crippen LogP contribution in [0.25, 0.3) is 0 Å². The van der Waals surface area contributed by atoms with E-state index in [4.69, 9.17) is 14.2 Å². The molecule has 0 spiro atoms. The second-order valence-electron chi connectivity index (χ2n) is 12.0. The molecule has 2 amide bonds. The highest BCUT2D eigenvalue weighted by Crippen LogP contribution is 2.33. The quantitative estimate of drug-likeness (QED) is 0.532. The maximum absolute atomic E-state index is 13.9. The number of nitrogens with zero attached hydrogens (tertiary/aromatic N) is 3. The minimum absolute atomic E-state index is 0.0728. The van der Waals surface area contributed by atoms with Crippen LogP contribution in [-0.2, 0) is 22.7 Å². The molecular formula is C31H41N4O5+. The first-order chi connectivity index (χ1) is 19.2. The molecule has 2 fully saturated rings. The van der Waals surface area contributed by atoms with Crippen molar-refractivity contribution in [1.82, 2.24) is 15.1 Å². The first kappa shape index (κ1) is 28.1. The molecule has 0 bridgehead atoms. The molecule has 2 aromatic rings. The van der Waals surface area contributed by atoms with Gasteiger partial charge in [-0.2, -0.15) is 4.58 Å². The van der Waals surface area contributed by atoms with E-state index in [0.29, 0.717) is 45.6 Å². The van der Waals surface area contributed by atoms with E-state index in [0.717, 1.165) is 47.2 Å². The molecule has 2 saturated heterocycles. The lowest BCUT2D eigenvalue weighted by Crippen LogP contribution is -2.52. The lowest BCUT2D eigenvalue weighted by molar-refractivity contribution is -0.467. The summed E-state index contributed by atoms with van der Waals surface area (Å²) in [5, 5.41) is 3.33. The van der Waals surface area contributed by atoms with Crippen LogP contribution in [0.3, 0.4) is 0 Å². The summed E-state index contributed by atoms with van der Waals surface area (Å²) in [4.78, 5) is 31.8. The number of benzene rings is 2. The van der Waals surface area contributed by atoms with Gasteiger partial charge < -0.3 is 24.4 Å². The third-order valence-corrected chi connectivity index (χ3v) is 7.63. The van der Waals surface area contributed by atoms with Gasteiger partial charge in [-0.05, 0) is 35.2 Å². The normalized spacial score (nSPS) is 20.5. The van der Waals surface area contributed by atoms with Gasteiger partial charge in [0.1, 0.15) is 5.75 Å². The van der Waals surface area contributed by atoms with Crippen LogP contribution in [0.5, 0.6) is 17.2 Å². The summed E-state index contributed by atoms with van der Waals surface area (Å²) in [6.45, 7) is 11.0. The van der Waals surface area contributed by atoms with Gasteiger partial charge in [-0.1, -0.05) is 39.0 Å². The van der Waals surface area contributed by atoms with Gasteiger partial charge in [-0.25, -0.2) is 4.79 Å². The predicted octanol–water partition coefficient (Wildman–Crippen LogP) is 3.05. The molecule has 0 aliphatic carbocycles. The van der Waals surface area contributed by atoms with Crippen molar-refractivity contribution < 1.29 is 28.4 Å². The van der Waals surface area contributed by atoms with E-state index in [9.17, 15) is 9.59 Å². The van der Waals surface area contributed by atoms with Crippen LogP contribution < -0.4 is 19.5 Å². The summed E-state index contributed by atoms with van der Waals surface area (Å²) in [6.07, 6.45) is 0.937. The number of piperazine rings is 1. The topological polar surface area (TPSA) is 83.4 Å². The van der Waals surface area contributed by atoms with Gasteiger partial charge in [-0.3, -0.25) is 9.69 Å². The largest absolute Gasteiger partial charge is 0.497 e. The van der Waals surface area contributed by atoms with Crippen molar-refractivity contribution in [2.75, 3.05) is 46.6 Å². The monoisotopic (exact) mass is 549 g/mol. The third-order valence-electron chi connectivity index (χ3n) is 7.63. The van der Waals surface area contributed by atoms with E-state index in [2.05, 4.69) is 31.0 Å². The van der Waals surface area contributed by atoms with Crippen molar-refractivity contribution >= 4 is 17.5 Å². The number of methoxy groups -OCH3 is 1. The molecule has 9 heteroatoms. The van der Waals surface area contributed by atoms with Gasteiger partial charge in [-0.15, -0.1) is 0 Å². The zero-order valence-corrected chi connectivity index (χ0v) is 24.1. The highest BCUT2D eigenvalue weighted by molar-refractivity contribution is 5.96. The third kappa shape index (κ3) is 6.64. The van der Waals surface area contributed by atoms with Gasteiger partial charge in [0, 0.05) is 38.3 Å². The highest BCUT2D eigenvalue weighted by atomic mass is 16.7. The Hall–Kier alpha value is -3.43. The molecular weight excluding hydrogens is 508 g/mol. The second kappa shape index (κ2) is 12.0. The van der Waals surface area contributed by atoms with Crippen molar-refractivity contribution in [2.24, 2.45) is 5.41 Å².